The van der Waals surface area contributed by atoms with Crippen LogP contribution < -0.4 is 21.2 Å². The molecule has 1 aliphatic heterocycles. The van der Waals surface area contributed by atoms with E-state index in [-0.39, 0.29) is 35.5 Å². The Balaban J connectivity index is 1.68. The summed E-state index contributed by atoms with van der Waals surface area (Å²) in [4.78, 5) is 31.1. The lowest BCUT2D eigenvalue weighted by atomic mass is 10.1. The predicted molar refractivity (Wildman–Crippen MR) is 117 cm³/mol. The van der Waals surface area contributed by atoms with Gasteiger partial charge in [-0.15, -0.1) is 0 Å². The van der Waals surface area contributed by atoms with Gasteiger partial charge in [0, 0.05) is 24.9 Å². The number of pyridine rings is 2. The summed E-state index contributed by atoms with van der Waals surface area (Å²) in [7, 11) is 0. The number of aryl methyl sites for hydroxylation is 1. The Morgan fingerprint density at radius 3 is 3.00 bits per heavy atom. The van der Waals surface area contributed by atoms with Crippen LogP contribution in [-0.2, 0) is 11.3 Å². The van der Waals surface area contributed by atoms with E-state index in [9.17, 15) is 9.59 Å². The average molecular weight is 434 g/mol. The molecule has 0 aliphatic carbocycles. The smallest absolute Gasteiger partial charge is 0.278 e. The zero-order chi connectivity index (χ0) is 22.2. The monoisotopic (exact) mass is 434 g/mol. The maximum Gasteiger partial charge on any atom is 0.278 e. The first-order valence-corrected chi connectivity index (χ1v) is 10.6. The van der Waals surface area contributed by atoms with Gasteiger partial charge in [-0.1, -0.05) is 11.1 Å². The van der Waals surface area contributed by atoms with E-state index in [4.69, 9.17) is 19.9 Å². The van der Waals surface area contributed by atoms with Gasteiger partial charge in [0.15, 0.2) is 0 Å². The Hall–Kier alpha value is -3.72. The van der Waals surface area contributed by atoms with Crippen LogP contribution in [0.5, 0.6) is 0 Å². The third-order valence-electron chi connectivity index (χ3n) is 5.83. The Morgan fingerprint density at radius 1 is 1.38 bits per heavy atom. The molecular formula is C23H24N5O4+. The lowest BCUT2D eigenvalue weighted by Gasteiger charge is -2.14. The molecule has 1 atom stereocenters. The van der Waals surface area contributed by atoms with Gasteiger partial charge in [-0.25, -0.2) is 4.57 Å². The zero-order valence-electron chi connectivity index (χ0n) is 17.7. The van der Waals surface area contributed by atoms with Crippen molar-refractivity contribution in [3.8, 4) is 0 Å². The number of amides is 1. The van der Waals surface area contributed by atoms with E-state index in [1.807, 2.05) is 19.1 Å². The fourth-order valence-corrected chi connectivity index (χ4v) is 4.12. The molecule has 1 unspecified atom stereocenters. The van der Waals surface area contributed by atoms with E-state index < -0.39 is 0 Å². The number of aromatic nitrogens is 3. The van der Waals surface area contributed by atoms with Crippen LogP contribution in [0.3, 0.4) is 0 Å². The molecule has 32 heavy (non-hydrogen) atoms. The lowest BCUT2D eigenvalue weighted by Crippen LogP contribution is -2.43. The van der Waals surface area contributed by atoms with Crippen LogP contribution in [0.4, 0.5) is 5.82 Å². The van der Waals surface area contributed by atoms with Gasteiger partial charge in [-0.05, 0) is 44.0 Å². The van der Waals surface area contributed by atoms with Crippen LogP contribution in [-0.4, -0.2) is 34.5 Å². The number of hydrogen-bond donors (Lipinski definition) is 2. The van der Waals surface area contributed by atoms with Gasteiger partial charge in [0.05, 0.1) is 12.4 Å². The minimum Gasteiger partial charge on any atom is -0.466 e. The van der Waals surface area contributed by atoms with Gasteiger partial charge in [-0.3, -0.25) is 14.0 Å². The van der Waals surface area contributed by atoms with Gasteiger partial charge >= 0.3 is 0 Å². The third-order valence-corrected chi connectivity index (χ3v) is 5.83. The van der Waals surface area contributed by atoms with Crippen molar-refractivity contribution in [3.63, 3.8) is 0 Å². The van der Waals surface area contributed by atoms with Crippen LogP contribution in [0.1, 0.15) is 34.5 Å². The summed E-state index contributed by atoms with van der Waals surface area (Å²) < 4.78 is 14.2. The summed E-state index contributed by atoms with van der Waals surface area (Å²) in [6.07, 6.45) is 5.12. The maximum atomic E-state index is 13.3. The second-order valence-corrected chi connectivity index (χ2v) is 7.99. The summed E-state index contributed by atoms with van der Waals surface area (Å²) in [5, 5.41) is 3.19. The molecule has 4 aromatic heterocycles. The highest BCUT2D eigenvalue weighted by Gasteiger charge is 2.26. The molecule has 1 amide bonds. The quantitative estimate of drug-likeness (QED) is 0.364. The summed E-state index contributed by atoms with van der Waals surface area (Å²) in [6, 6.07) is 8.79. The molecule has 0 saturated carbocycles. The largest absolute Gasteiger partial charge is 0.466 e. The maximum absolute atomic E-state index is 13.3. The highest BCUT2D eigenvalue weighted by Crippen LogP contribution is 2.17. The minimum absolute atomic E-state index is 0.00455. The number of hydrogen-bond acceptors (Lipinski definition) is 6. The molecule has 1 saturated heterocycles. The molecule has 9 nitrogen and oxygen atoms in total. The van der Waals surface area contributed by atoms with Gasteiger partial charge in [0.2, 0.25) is 11.5 Å². The molecule has 5 heterocycles. The number of carbonyl (C=O) groups is 1. The molecule has 4 aromatic rings. The molecule has 3 N–H and O–H groups in total. The molecule has 0 radical (unpaired) electrons. The number of nitrogens with two attached hydrogens (primary N) is 1. The topological polar surface area (TPSA) is 116 Å². The van der Waals surface area contributed by atoms with E-state index in [1.54, 1.807) is 29.2 Å². The lowest BCUT2D eigenvalue weighted by molar-refractivity contribution is -0.651. The Labute approximate surface area is 183 Å². The van der Waals surface area contributed by atoms with Crippen LogP contribution in [0.15, 0.2) is 52.0 Å². The van der Waals surface area contributed by atoms with E-state index in [2.05, 4.69) is 5.32 Å². The number of nitrogens with zero attached hydrogens (tertiary/aromatic N) is 3. The highest BCUT2D eigenvalue weighted by atomic mass is 16.5. The number of carbonyl (C=O) groups excluding carboxylic acids is 1. The van der Waals surface area contributed by atoms with Crippen molar-refractivity contribution >= 4 is 28.4 Å². The predicted octanol–water partition coefficient (Wildman–Crippen LogP) is 1.58. The van der Waals surface area contributed by atoms with Crippen LogP contribution in [0.25, 0.3) is 16.7 Å². The van der Waals surface area contributed by atoms with Crippen molar-refractivity contribution in [2.45, 2.75) is 32.4 Å². The number of fused-ring (bicyclic) bond motifs is 2. The van der Waals surface area contributed by atoms with Crippen molar-refractivity contribution in [1.82, 2.24) is 14.7 Å². The number of ether oxygens (including phenoxy) is 1. The van der Waals surface area contributed by atoms with Crippen molar-refractivity contribution in [1.29, 1.82) is 0 Å². The molecule has 0 bridgehead atoms. The van der Waals surface area contributed by atoms with E-state index in [0.717, 1.165) is 18.4 Å². The van der Waals surface area contributed by atoms with Crippen molar-refractivity contribution in [2.24, 2.45) is 0 Å². The fraction of sp³-hybridized carbons (Fsp3) is 0.304. The van der Waals surface area contributed by atoms with Crippen LogP contribution in [0.2, 0.25) is 0 Å². The number of anilines is 1. The molecule has 9 heteroatoms. The Morgan fingerprint density at radius 2 is 2.25 bits per heavy atom. The van der Waals surface area contributed by atoms with Crippen LogP contribution in [0, 0.1) is 6.92 Å². The van der Waals surface area contributed by atoms with E-state index >= 15 is 0 Å². The normalized spacial score (nSPS) is 16.1. The molecular weight excluding hydrogens is 410 g/mol. The standard InChI is InChI=1S/C23H23N5O4/c1-14-5-2-8-27-20(14)26-21-18(23(27)30)11-17(22(29)25-12-15-6-3-9-31-15)19(24)28(21)13-16-7-4-10-32-16/h2,4-5,7-8,10-11,15,24H,3,6,9,12-13H2,1H3,(H,25,29)/p+1. The van der Waals surface area contributed by atoms with E-state index in [0.29, 0.717) is 35.6 Å². The molecule has 1 fully saturated rings. The number of nitrogen functional groups attached to an aromatic ring is 1. The molecule has 1 aliphatic rings. The summed E-state index contributed by atoms with van der Waals surface area (Å²) in [6.45, 7) is 3.22. The van der Waals surface area contributed by atoms with E-state index in [1.165, 1.54) is 10.5 Å². The molecule has 5 rings (SSSR count). The molecule has 164 valence electrons. The molecule has 0 aromatic carbocycles. The van der Waals surface area contributed by atoms with Crippen molar-refractivity contribution in [2.75, 3.05) is 18.9 Å². The van der Waals surface area contributed by atoms with Gasteiger partial charge < -0.3 is 20.2 Å². The number of rotatable bonds is 5. The zero-order valence-corrected chi connectivity index (χ0v) is 17.7. The first-order chi connectivity index (χ1) is 15.5. The first kappa shape index (κ1) is 20.2. The highest BCUT2D eigenvalue weighted by molar-refractivity contribution is 6.00. The second-order valence-electron chi connectivity index (χ2n) is 7.99. The second kappa shape index (κ2) is 8.08. The number of nitrogens with one attached hydrogen (secondary N) is 1. The van der Waals surface area contributed by atoms with Crippen LogP contribution >= 0.6 is 0 Å². The summed E-state index contributed by atoms with van der Waals surface area (Å²) >= 11 is 0. The summed E-state index contributed by atoms with van der Waals surface area (Å²) in [5.74, 6) is 0.483. The fourth-order valence-electron chi connectivity index (χ4n) is 4.12. The minimum atomic E-state index is -0.359. The third kappa shape index (κ3) is 3.50. The van der Waals surface area contributed by atoms with Crippen molar-refractivity contribution in [3.05, 3.63) is 70.0 Å². The Kier molecular flexibility index (Phi) is 5.10. The SMILES string of the molecule is Cc1cccn2c(=O)c3cc(C(=O)NCC4CCCO4)c(N)[n+](Cc4ccco4)c3nc12. The average Bonchev–Trinajstić information content (AvgIpc) is 3.49. The number of furan rings is 1. The van der Waals surface area contributed by atoms with Gasteiger partial charge in [-0.2, -0.15) is 0 Å². The van der Waals surface area contributed by atoms with Crippen molar-refractivity contribution < 1.29 is 18.5 Å². The summed E-state index contributed by atoms with van der Waals surface area (Å²) in [5.41, 5.74) is 8.20. The molecule has 0 spiro atoms. The van der Waals surface area contributed by atoms with Gasteiger partial charge in [0.25, 0.3) is 17.1 Å². The first-order valence-electron chi connectivity index (χ1n) is 10.6. The Bertz CT molecular complexity index is 1370. The van der Waals surface area contributed by atoms with Gasteiger partial charge in [0.1, 0.15) is 23.3 Å².